The molecule has 1 N–H and O–H groups in total. The maximum absolute atomic E-state index is 10.9. The van der Waals surface area contributed by atoms with E-state index in [9.17, 15) is 8.42 Å². The third-order valence-corrected chi connectivity index (χ3v) is 3.31. The summed E-state index contributed by atoms with van der Waals surface area (Å²) in [5.41, 5.74) is 0. The largest absolute Gasteiger partial charge is 0.378 e. The van der Waals surface area contributed by atoms with Crippen LogP contribution in [0.3, 0.4) is 0 Å². The molecule has 0 aromatic rings. The van der Waals surface area contributed by atoms with Gasteiger partial charge in [0.25, 0.3) is 0 Å². The highest BCUT2D eigenvalue weighted by Crippen LogP contribution is 2.11. The molecule has 1 rings (SSSR count). The summed E-state index contributed by atoms with van der Waals surface area (Å²) in [6.45, 7) is 6.84. The van der Waals surface area contributed by atoms with E-state index in [1.807, 2.05) is 0 Å². The van der Waals surface area contributed by atoms with Crippen LogP contribution < -0.4 is 4.72 Å². The molecule has 0 amide bonds. The fourth-order valence-electron chi connectivity index (χ4n) is 1.84. The van der Waals surface area contributed by atoms with Gasteiger partial charge in [0.15, 0.2) is 0 Å². The summed E-state index contributed by atoms with van der Waals surface area (Å²) in [5, 5.41) is 0. The number of rotatable bonds is 4. The van der Waals surface area contributed by atoms with Gasteiger partial charge in [-0.25, -0.2) is 13.1 Å². The predicted octanol–water partition coefficient (Wildman–Crippen LogP) is -0.355. The van der Waals surface area contributed by atoms with Crippen molar-refractivity contribution in [1.82, 2.24) is 9.62 Å². The number of morpholine rings is 1. The van der Waals surface area contributed by atoms with E-state index >= 15 is 0 Å². The smallest absolute Gasteiger partial charge is 0.208 e. The third kappa shape index (κ3) is 4.46. The second kappa shape index (κ2) is 5.25. The summed E-state index contributed by atoms with van der Waals surface area (Å²) in [4.78, 5) is 2.27. The summed E-state index contributed by atoms with van der Waals surface area (Å²) < 4.78 is 29.7. The molecule has 0 saturated carbocycles. The fourth-order valence-corrected chi connectivity index (χ4v) is 2.30. The van der Waals surface area contributed by atoms with E-state index in [0.29, 0.717) is 18.6 Å². The quantitative estimate of drug-likeness (QED) is 0.724. The number of ether oxygens (including phenoxy) is 1. The Morgan fingerprint density at radius 3 is 2.33 bits per heavy atom. The summed E-state index contributed by atoms with van der Waals surface area (Å²) >= 11 is 0. The van der Waals surface area contributed by atoms with Crippen LogP contribution in [0.4, 0.5) is 0 Å². The van der Waals surface area contributed by atoms with Crippen LogP contribution >= 0.6 is 0 Å². The lowest BCUT2D eigenvalue weighted by molar-refractivity contribution is -0.0352. The average molecular weight is 236 g/mol. The fraction of sp³-hybridized carbons (Fsp3) is 1.00. The second-order valence-corrected chi connectivity index (χ2v) is 5.97. The van der Waals surface area contributed by atoms with Crippen molar-refractivity contribution in [2.75, 3.05) is 32.6 Å². The molecule has 0 aromatic carbocycles. The van der Waals surface area contributed by atoms with E-state index in [0.717, 1.165) is 19.8 Å². The average Bonchev–Trinajstić information content (AvgIpc) is 2.08. The molecule has 1 fully saturated rings. The van der Waals surface area contributed by atoms with Crippen LogP contribution in [0.15, 0.2) is 0 Å². The molecule has 0 bridgehead atoms. The number of nitrogens with zero attached hydrogens (tertiary/aromatic N) is 1. The molecule has 2 unspecified atom stereocenters. The van der Waals surface area contributed by atoms with E-state index in [4.69, 9.17) is 4.74 Å². The molecular weight excluding hydrogens is 216 g/mol. The van der Waals surface area contributed by atoms with Crippen LogP contribution in [0.1, 0.15) is 13.8 Å². The third-order valence-electron chi connectivity index (χ3n) is 2.58. The zero-order valence-corrected chi connectivity index (χ0v) is 10.4. The molecule has 1 heterocycles. The maximum Gasteiger partial charge on any atom is 0.208 e. The maximum atomic E-state index is 10.9. The lowest BCUT2D eigenvalue weighted by atomic mass is 10.2. The summed E-state index contributed by atoms with van der Waals surface area (Å²) in [7, 11) is -3.07. The molecule has 2 atom stereocenters. The van der Waals surface area contributed by atoms with Crippen LogP contribution in [0.5, 0.6) is 0 Å². The number of hydrogen-bond acceptors (Lipinski definition) is 4. The molecule has 6 heteroatoms. The zero-order chi connectivity index (χ0) is 11.5. The van der Waals surface area contributed by atoms with Crippen molar-refractivity contribution in [2.45, 2.75) is 25.9 Å². The number of sulfonamides is 1. The Kier molecular flexibility index (Phi) is 4.51. The van der Waals surface area contributed by atoms with Gasteiger partial charge in [-0.05, 0) is 13.8 Å². The molecule has 1 aliphatic heterocycles. The van der Waals surface area contributed by atoms with Crippen LogP contribution in [0, 0.1) is 0 Å². The van der Waals surface area contributed by atoms with Crippen LogP contribution in [0.25, 0.3) is 0 Å². The highest BCUT2D eigenvalue weighted by molar-refractivity contribution is 7.88. The topological polar surface area (TPSA) is 58.6 Å². The van der Waals surface area contributed by atoms with Crippen LogP contribution in [0.2, 0.25) is 0 Å². The number of hydrogen-bond donors (Lipinski definition) is 1. The Morgan fingerprint density at radius 1 is 1.33 bits per heavy atom. The van der Waals surface area contributed by atoms with Crippen molar-refractivity contribution in [3.05, 3.63) is 0 Å². The molecule has 0 spiro atoms. The minimum Gasteiger partial charge on any atom is -0.378 e. The van der Waals surface area contributed by atoms with Gasteiger partial charge in [0.1, 0.15) is 0 Å². The van der Waals surface area contributed by atoms with E-state index in [-0.39, 0.29) is 0 Å². The van der Waals surface area contributed by atoms with Crippen molar-refractivity contribution >= 4 is 10.0 Å². The normalized spacial score (nSPS) is 29.3. The second-order valence-electron chi connectivity index (χ2n) is 4.14. The van der Waals surface area contributed by atoms with Crippen molar-refractivity contribution in [2.24, 2.45) is 0 Å². The minimum absolute atomic E-state index is 0.357. The summed E-state index contributed by atoms with van der Waals surface area (Å²) in [6.07, 6.45) is 1.18. The first-order valence-electron chi connectivity index (χ1n) is 5.18. The van der Waals surface area contributed by atoms with Gasteiger partial charge in [0, 0.05) is 25.2 Å². The Morgan fingerprint density at radius 2 is 1.87 bits per heavy atom. The van der Waals surface area contributed by atoms with Gasteiger partial charge in [0.05, 0.1) is 19.5 Å². The van der Waals surface area contributed by atoms with Crippen molar-refractivity contribution < 1.29 is 13.2 Å². The SMILES string of the molecule is CC1COCC(C)N1CCNS(C)(=O)=O. The van der Waals surface area contributed by atoms with Gasteiger partial charge >= 0.3 is 0 Å². The Balaban J connectivity index is 2.36. The number of nitrogens with one attached hydrogen (secondary N) is 1. The monoisotopic (exact) mass is 236 g/mol. The molecule has 90 valence electrons. The molecule has 5 nitrogen and oxygen atoms in total. The Labute approximate surface area is 91.8 Å². The van der Waals surface area contributed by atoms with Crippen LogP contribution in [-0.4, -0.2) is 58.0 Å². The zero-order valence-electron chi connectivity index (χ0n) is 9.56. The summed E-state index contributed by atoms with van der Waals surface area (Å²) in [6, 6.07) is 0.713. The van der Waals surface area contributed by atoms with Gasteiger partial charge in [-0.2, -0.15) is 0 Å². The lowest BCUT2D eigenvalue weighted by Crippen LogP contribution is -2.51. The molecule has 1 saturated heterocycles. The van der Waals surface area contributed by atoms with E-state index in [1.54, 1.807) is 0 Å². The first-order chi connectivity index (χ1) is 6.90. The van der Waals surface area contributed by atoms with Gasteiger partial charge in [0.2, 0.25) is 10.0 Å². The summed E-state index contributed by atoms with van der Waals surface area (Å²) in [5.74, 6) is 0. The van der Waals surface area contributed by atoms with Gasteiger partial charge in [-0.1, -0.05) is 0 Å². The lowest BCUT2D eigenvalue weighted by Gasteiger charge is -2.38. The highest BCUT2D eigenvalue weighted by atomic mass is 32.2. The van der Waals surface area contributed by atoms with E-state index < -0.39 is 10.0 Å². The molecule has 0 aliphatic carbocycles. The Bertz CT molecular complexity index is 282. The molecule has 0 radical (unpaired) electrons. The molecular formula is C9H20N2O3S. The predicted molar refractivity (Wildman–Crippen MR) is 59.3 cm³/mol. The minimum atomic E-state index is -3.07. The highest BCUT2D eigenvalue weighted by Gasteiger charge is 2.24. The van der Waals surface area contributed by atoms with E-state index in [2.05, 4.69) is 23.5 Å². The van der Waals surface area contributed by atoms with Crippen molar-refractivity contribution in [3.63, 3.8) is 0 Å². The van der Waals surface area contributed by atoms with Crippen molar-refractivity contribution in [1.29, 1.82) is 0 Å². The standard InChI is InChI=1S/C9H20N2O3S/c1-8-6-14-7-9(2)11(8)5-4-10-15(3,12)13/h8-10H,4-7H2,1-3H3. The van der Waals surface area contributed by atoms with Crippen LogP contribution in [-0.2, 0) is 14.8 Å². The van der Waals surface area contributed by atoms with E-state index in [1.165, 1.54) is 6.26 Å². The van der Waals surface area contributed by atoms with Gasteiger partial charge < -0.3 is 4.74 Å². The first kappa shape index (κ1) is 12.9. The van der Waals surface area contributed by atoms with Crippen molar-refractivity contribution in [3.8, 4) is 0 Å². The molecule has 15 heavy (non-hydrogen) atoms. The first-order valence-corrected chi connectivity index (χ1v) is 7.07. The molecule has 0 aromatic heterocycles. The van der Waals surface area contributed by atoms with Gasteiger partial charge in [-0.3, -0.25) is 4.90 Å². The molecule has 1 aliphatic rings. The Hall–Kier alpha value is -0.170. The van der Waals surface area contributed by atoms with Gasteiger partial charge in [-0.15, -0.1) is 0 Å².